The van der Waals surface area contributed by atoms with E-state index in [1.807, 2.05) is 20.8 Å². The largest absolute Gasteiger partial charge is 0.495 e. The summed E-state index contributed by atoms with van der Waals surface area (Å²) in [5.74, 6) is -1.11. The molecule has 0 fully saturated rings. The zero-order valence-electron chi connectivity index (χ0n) is 23.2. The summed E-state index contributed by atoms with van der Waals surface area (Å²) in [5.41, 5.74) is 0.173. The van der Waals surface area contributed by atoms with Gasteiger partial charge in [-0.15, -0.1) is 0 Å². The van der Waals surface area contributed by atoms with E-state index in [9.17, 15) is 23.2 Å². The van der Waals surface area contributed by atoms with Gasteiger partial charge < -0.3 is 23.9 Å². The molecular formula is C30H32ClF2NO7. The van der Waals surface area contributed by atoms with Gasteiger partial charge in [0.05, 0.1) is 30.5 Å². The molecule has 1 heterocycles. The second-order valence-corrected chi connectivity index (χ2v) is 10.7. The van der Waals surface area contributed by atoms with Crippen molar-refractivity contribution in [2.45, 2.75) is 51.7 Å². The second kappa shape index (κ2) is 13.7. The van der Waals surface area contributed by atoms with Gasteiger partial charge in [-0.3, -0.25) is 9.59 Å². The van der Waals surface area contributed by atoms with Crippen LogP contribution in [0.2, 0.25) is 5.02 Å². The average Bonchev–Trinajstić information content (AvgIpc) is 2.90. The summed E-state index contributed by atoms with van der Waals surface area (Å²) in [6.45, 7) is 4.93. The van der Waals surface area contributed by atoms with Crippen molar-refractivity contribution in [3.05, 3.63) is 81.2 Å². The first-order chi connectivity index (χ1) is 19.3. The number of ether oxygens (including phenoxy) is 3. The molecule has 11 heteroatoms. The quantitative estimate of drug-likeness (QED) is 0.257. The molecule has 3 aromatic rings. The van der Waals surface area contributed by atoms with Crippen molar-refractivity contribution < 1.29 is 37.7 Å². The fourth-order valence-electron chi connectivity index (χ4n) is 4.15. The third-order valence-electron chi connectivity index (χ3n) is 6.07. The molecule has 41 heavy (non-hydrogen) atoms. The third-order valence-corrected chi connectivity index (χ3v) is 6.31. The van der Waals surface area contributed by atoms with Crippen LogP contribution >= 0.6 is 11.6 Å². The number of carbonyl (C=O) groups excluding carboxylic acids is 1. The van der Waals surface area contributed by atoms with E-state index in [1.54, 1.807) is 12.1 Å². The number of ketones is 1. The van der Waals surface area contributed by atoms with Gasteiger partial charge in [-0.1, -0.05) is 23.7 Å². The number of carbonyl (C=O) groups is 2. The summed E-state index contributed by atoms with van der Waals surface area (Å²) in [4.78, 5) is 38.2. The van der Waals surface area contributed by atoms with Crippen LogP contribution in [0.15, 0.2) is 59.5 Å². The van der Waals surface area contributed by atoms with Crippen molar-refractivity contribution in [2.75, 3.05) is 20.3 Å². The molecule has 0 radical (unpaired) electrons. The van der Waals surface area contributed by atoms with E-state index >= 15 is 0 Å². The fourth-order valence-corrected chi connectivity index (χ4v) is 4.32. The summed E-state index contributed by atoms with van der Waals surface area (Å²) in [5, 5.41) is 9.44. The maximum Gasteiger partial charge on any atom is 0.335 e. The summed E-state index contributed by atoms with van der Waals surface area (Å²) >= 11 is 6.17. The molecule has 1 N–H and O–H groups in total. The maximum atomic E-state index is 13.6. The Bertz CT molecular complexity index is 1430. The van der Waals surface area contributed by atoms with Gasteiger partial charge >= 0.3 is 5.97 Å². The first kappa shape index (κ1) is 31.8. The second-order valence-electron chi connectivity index (χ2n) is 10.3. The van der Waals surface area contributed by atoms with Crippen LogP contribution in [0.4, 0.5) is 8.78 Å². The molecule has 0 aliphatic heterocycles. The topological polar surface area (TPSA) is 104 Å². The van der Waals surface area contributed by atoms with E-state index in [1.165, 1.54) is 54.3 Å². The number of aromatic carboxylic acids is 1. The number of alkyl halides is 2. The van der Waals surface area contributed by atoms with E-state index in [-0.39, 0.29) is 58.4 Å². The van der Waals surface area contributed by atoms with Gasteiger partial charge in [0.1, 0.15) is 18.1 Å². The summed E-state index contributed by atoms with van der Waals surface area (Å²) in [6.07, 6.45) is -1.21. The smallest absolute Gasteiger partial charge is 0.335 e. The molecule has 0 aliphatic carbocycles. The number of aromatic nitrogens is 1. The van der Waals surface area contributed by atoms with Crippen LogP contribution in [-0.2, 0) is 16.0 Å². The van der Waals surface area contributed by atoms with Crippen LogP contribution in [0.5, 0.6) is 11.5 Å². The molecule has 1 atom stereocenters. The van der Waals surface area contributed by atoms with Crippen molar-refractivity contribution in [2.24, 2.45) is 0 Å². The minimum Gasteiger partial charge on any atom is -0.495 e. The third kappa shape index (κ3) is 8.86. The van der Waals surface area contributed by atoms with Gasteiger partial charge in [-0.25, -0.2) is 13.6 Å². The highest BCUT2D eigenvalue weighted by molar-refractivity contribution is 6.31. The molecule has 1 unspecified atom stereocenters. The van der Waals surface area contributed by atoms with E-state index in [4.69, 9.17) is 30.9 Å². The van der Waals surface area contributed by atoms with Crippen LogP contribution in [0.1, 0.15) is 49.2 Å². The van der Waals surface area contributed by atoms with E-state index in [2.05, 4.69) is 0 Å². The highest BCUT2D eigenvalue weighted by Crippen LogP contribution is 2.38. The Morgan fingerprint density at radius 2 is 1.68 bits per heavy atom. The number of methoxy groups -OCH3 is 1. The minimum atomic E-state index is -2.71. The molecule has 0 saturated heterocycles. The highest BCUT2D eigenvalue weighted by atomic mass is 35.5. The first-order valence-electron chi connectivity index (χ1n) is 12.8. The van der Waals surface area contributed by atoms with Gasteiger partial charge in [-0.2, -0.15) is 0 Å². The van der Waals surface area contributed by atoms with Crippen molar-refractivity contribution in [1.82, 2.24) is 4.57 Å². The van der Waals surface area contributed by atoms with Gasteiger partial charge in [0.15, 0.2) is 5.78 Å². The van der Waals surface area contributed by atoms with Gasteiger partial charge in [0.25, 0.3) is 12.0 Å². The molecule has 0 amide bonds. The van der Waals surface area contributed by atoms with Crippen molar-refractivity contribution in [3.8, 4) is 22.6 Å². The number of carboxylic acid groups (broad SMARTS) is 1. The van der Waals surface area contributed by atoms with E-state index in [0.29, 0.717) is 5.56 Å². The predicted molar refractivity (Wildman–Crippen MR) is 151 cm³/mol. The molecular weight excluding hydrogens is 560 g/mol. The Labute approximate surface area is 241 Å². The predicted octanol–water partition coefficient (Wildman–Crippen LogP) is 6.08. The van der Waals surface area contributed by atoms with Gasteiger partial charge in [0.2, 0.25) is 0 Å². The Morgan fingerprint density at radius 3 is 2.27 bits per heavy atom. The summed E-state index contributed by atoms with van der Waals surface area (Å²) in [7, 11) is 1.38. The Hall–Kier alpha value is -3.76. The Kier molecular flexibility index (Phi) is 10.6. The summed E-state index contributed by atoms with van der Waals surface area (Å²) < 4.78 is 43.6. The lowest BCUT2D eigenvalue weighted by Gasteiger charge is -2.24. The zero-order chi connectivity index (χ0) is 30.3. The molecule has 8 nitrogen and oxygen atoms in total. The monoisotopic (exact) mass is 591 g/mol. The molecule has 0 aliphatic rings. The van der Waals surface area contributed by atoms with E-state index < -0.39 is 36.2 Å². The van der Waals surface area contributed by atoms with Crippen LogP contribution in [0.25, 0.3) is 11.1 Å². The van der Waals surface area contributed by atoms with Gasteiger partial charge in [-0.05, 0) is 63.1 Å². The SMILES string of the molecule is COc1cn(C(CCOC(C)(C)C)C(=O)Cc2ccc(C(=O)O)cc2)c(=O)cc1-c1cc(Cl)ccc1OCC(F)F. The Balaban J connectivity index is 2.03. The number of pyridine rings is 1. The van der Waals surface area contributed by atoms with Gasteiger partial charge in [0, 0.05) is 35.2 Å². The molecule has 3 rings (SSSR count). The normalized spacial score (nSPS) is 12.3. The molecule has 1 aromatic heterocycles. The summed E-state index contributed by atoms with van der Waals surface area (Å²) in [6, 6.07) is 10.6. The number of nitrogens with zero attached hydrogens (tertiary/aromatic N) is 1. The lowest BCUT2D eigenvalue weighted by Crippen LogP contribution is -2.32. The molecule has 0 saturated carbocycles. The number of carboxylic acids is 1. The number of benzene rings is 2. The van der Waals surface area contributed by atoms with E-state index in [0.717, 1.165) is 0 Å². The highest BCUT2D eigenvalue weighted by Gasteiger charge is 2.25. The number of halogens is 3. The van der Waals surface area contributed by atoms with Crippen molar-refractivity contribution in [3.63, 3.8) is 0 Å². The number of rotatable bonds is 13. The minimum absolute atomic E-state index is 0.0590. The average molecular weight is 592 g/mol. The molecule has 0 spiro atoms. The molecule has 2 aromatic carbocycles. The standard InChI is InChI=1S/C30H32ClF2NO7/c1-30(2,3)41-12-11-23(24(35)13-18-5-7-19(8-6-18)29(37)38)34-16-26(39-4)22(15-28(34)36)21-14-20(31)9-10-25(21)40-17-27(32)33/h5-10,14-16,23,27H,11-13,17H2,1-4H3,(H,37,38). The number of hydrogen-bond donors (Lipinski definition) is 1. The van der Waals surface area contributed by atoms with Crippen molar-refractivity contribution in [1.29, 1.82) is 0 Å². The fraction of sp³-hybridized carbons (Fsp3) is 0.367. The zero-order valence-corrected chi connectivity index (χ0v) is 23.9. The molecule has 0 bridgehead atoms. The Morgan fingerprint density at radius 1 is 1.02 bits per heavy atom. The van der Waals surface area contributed by atoms with Crippen LogP contribution < -0.4 is 15.0 Å². The molecule has 220 valence electrons. The van der Waals surface area contributed by atoms with Crippen LogP contribution in [0.3, 0.4) is 0 Å². The van der Waals surface area contributed by atoms with Crippen molar-refractivity contribution >= 4 is 23.4 Å². The lowest BCUT2D eigenvalue weighted by atomic mass is 9.99. The lowest BCUT2D eigenvalue weighted by molar-refractivity contribution is -0.122. The first-order valence-corrected chi connectivity index (χ1v) is 13.2. The maximum absolute atomic E-state index is 13.6. The number of Topliss-reactive ketones (excluding diaryl/α,β-unsaturated/α-hetero) is 1. The van der Waals surface area contributed by atoms with Crippen LogP contribution in [-0.4, -0.2) is 53.8 Å². The van der Waals surface area contributed by atoms with Crippen LogP contribution in [0, 0.1) is 0 Å². The number of hydrogen-bond acceptors (Lipinski definition) is 6.